The van der Waals surface area contributed by atoms with Crippen molar-refractivity contribution in [1.82, 2.24) is 0 Å². The molecule has 0 amide bonds. The van der Waals surface area contributed by atoms with Gasteiger partial charge in [-0.3, -0.25) is 0 Å². The highest BCUT2D eigenvalue weighted by Gasteiger charge is 2.37. The van der Waals surface area contributed by atoms with Crippen LogP contribution in [-0.2, 0) is 20.9 Å². The summed E-state index contributed by atoms with van der Waals surface area (Å²) >= 11 is 0. The molecule has 1 rings (SSSR count). The third-order valence-electron chi connectivity index (χ3n) is 2.92. The van der Waals surface area contributed by atoms with E-state index >= 15 is 0 Å². The molecule has 21 heavy (non-hydrogen) atoms. The Labute approximate surface area is 124 Å². The Morgan fingerprint density at radius 2 is 1.95 bits per heavy atom. The van der Waals surface area contributed by atoms with Crippen molar-refractivity contribution in [3.63, 3.8) is 0 Å². The molecule has 1 aromatic rings. The van der Waals surface area contributed by atoms with Gasteiger partial charge in [0.05, 0.1) is 26.9 Å². The molecular weight excluding hydrogens is 276 g/mol. The van der Waals surface area contributed by atoms with E-state index in [0.29, 0.717) is 0 Å². The van der Waals surface area contributed by atoms with E-state index in [2.05, 4.69) is 4.74 Å². The van der Waals surface area contributed by atoms with Gasteiger partial charge in [-0.15, -0.1) is 0 Å². The summed E-state index contributed by atoms with van der Waals surface area (Å²) in [6.45, 7) is 3.13. The van der Waals surface area contributed by atoms with Gasteiger partial charge in [-0.2, -0.15) is 0 Å². The number of rotatable bonds is 8. The SMILES string of the molecule is CCOC(=O)[C@H](O)[C@](C)(O)COCc1ccc(OC)cc1. The molecule has 1 aromatic carbocycles. The molecule has 6 heteroatoms. The van der Waals surface area contributed by atoms with Crippen molar-refractivity contribution in [2.24, 2.45) is 0 Å². The van der Waals surface area contributed by atoms with Gasteiger partial charge in [0.15, 0.2) is 6.10 Å². The zero-order valence-electron chi connectivity index (χ0n) is 12.5. The van der Waals surface area contributed by atoms with E-state index in [1.165, 1.54) is 6.92 Å². The van der Waals surface area contributed by atoms with Crippen molar-refractivity contribution in [2.75, 3.05) is 20.3 Å². The second kappa shape index (κ2) is 7.97. The van der Waals surface area contributed by atoms with Gasteiger partial charge in [-0.05, 0) is 31.5 Å². The maximum Gasteiger partial charge on any atom is 0.338 e. The van der Waals surface area contributed by atoms with E-state index in [-0.39, 0.29) is 19.8 Å². The van der Waals surface area contributed by atoms with Crippen molar-refractivity contribution in [3.05, 3.63) is 29.8 Å². The smallest absolute Gasteiger partial charge is 0.338 e. The molecule has 0 bridgehead atoms. The lowest BCUT2D eigenvalue weighted by atomic mass is 10.0. The number of benzene rings is 1. The summed E-state index contributed by atoms with van der Waals surface area (Å²) in [6, 6.07) is 7.25. The topological polar surface area (TPSA) is 85.2 Å². The highest BCUT2D eigenvalue weighted by atomic mass is 16.6. The predicted octanol–water partition coefficient (Wildman–Crippen LogP) is 0.887. The van der Waals surface area contributed by atoms with Crippen LogP contribution in [0.4, 0.5) is 0 Å². The van der Waals surface area contributed by atoms with Gasteiger partial charge in [0.25, 0.3) is 0 Å². The lowest BCUT2D eigenvalue weighted by molar-refractivity contribution is -0.174. The van der Waals surface area contributed by atoms with E-state index in [1.807, 2.05) is 12.1 Å². The number of carbonyl (C=O) groups is 1. The molecule has 0 saturated carbocycles. The Hall–Kier alpha value is -1.63. The zero-order chi connectivity index (χ0) is 15.9. The average molecular weight is 298 g/mol. The van der Waals surface area contributed by atoms with Crippen molar-refractivity contribution in [2.45, 2.75) is 32.2 Å². The molecule has 118 valence electrons. The molecule has 0 fully saturated rings. The summed E-state index contributed by atoms with van der Waals surface area (Å²) < 4.78 is 15.1. The Morgan fingerprint density at radius 1 is 1.33 bits per heavy atom. The lowest BCUT2D eigenvalue weighted by Crippen LogP contribution is -2.48. The van der Waals surface area contributed by atoms with Crippen molar-refractivity contribution in [1.29, 1.82) is 0 Å². The van der Waals surface area contributed by atoms with E-state index in [1.54, 1.807) is 26.2 Å². The fraction of sp³-hybridized carbons (Fsp3) is 0.533. The van der Waals surface area contributed by atoms with Gasteiger partial charge < -0.3 is 24.4 Å². The summed E-state index contributed by atoms with van der Waals surface area (Å²) in [5.41, 5.74) is -0.823. The molecule has 0 aliphatic heterocycles. The Balaban J connectivity index is 2.47. The minimum Gasteiger partial charge on any atom is -0.497 e. The van der Waals surface area contributed by atoms with Crippen LogP contribution in [0.2, 0.25) is 0 Å². The number of hydrogen-bond acceptors (Lipinski definition) is 6. The van der Waals surface area contributed by atoms with Gasteiger partial charge in [-0.1, -0.05) is 12.1 Å². The van der Waals surface area contributed by atoms with Gasteiger partial charge in [0, 0.05) is 0 Å². The molecule has 0 aliphatic carbocycles. The maximum atomic E-state index is 11.4. The van der Waals surface area contributed by atoms with Gasteiger partial charge in [0.2, 0.25) is 0 Å². The summed E-state index contributed by atoms with van der Waals surface area (Å²) in [4.78, 5) is 11.4. The van der Waals surface area contributed by atoms with Crippen LogP contribution in [0.1, 0.15) is 19.4 Å². The third kappa shape index (κ3) is 5.34. The van der Waals surface area contributed by atoms with Crippen LogP contribution in [0.15, 0.2) is 24.3 Å². The van der Waals surface area contributed by atoms with Crippen LogP contribution >= 0.6 is 0 Å². The highest BCUT2D eigenvalue weighted by molar-refractivity contribution is 5.75. The van der Waals surface area contributed by atoms with Crippen LogP contribution in [-0.4, -0.2) is 48.2 Å². The predicted molar refractivity (Wildman–Crippen MR) is 75.9 cm³/mol. The zero-order valence-corrected chi connectivity index (χ0v) is 12.5. The number of hydrogen-bond donors (Lipinski definition) is 2. The van der Waals surface area contributed by atoms with Gasteiger partial charge in [-0.25, -0.2) is 4.79 Å². The Bertz CT molecular complexity index is 440. The quantitative estimate of drug-likeness (QED) is 0.693. The number of methoxy groups -OCH3 is 1. The first-order valence-corrected chi connectivity index (χ1v) is 6.68. The van der Waals surface area contributed by atoms with E-state index < -0.39 is 17.7 Å². The third-order valence-corrected chi connectivity index (χ3v) is 2.92. The normalized spacial score (nSPS) is 15.1. The molecule has 2 atom stereocenters. The molecule has 2 N–H and O–H groups in total. The minimum atomic E-state index is -1.71. The number of aliphatic hydroxyl groups excluding tert-OH is 1. The fourth-order valence-electron chi connectivity index (χ4n) is 1.65. The fourth-order valence-corrected chi connectivity index (χ4v) is 1.65. The number of esters is 1. The monoisotopic (exact) mass is 298 g/mol. The maximum absolute atomic E-state index is 11.4. The molecule has 0 spiro atoms. The summed E-state index contributed by atoms with van der Waals surface area (Å²) in [6.07, 6.45) is -1.65. The first-order valence-electron chi connectivity index (χ1n) is 6.68. The first-order chi connectivity index (χ1) is 9.90. The van der Waals surface area contributed by atoms with Crippen LogP contribution in [0.5, 0.6) is 5.75 Å². The average Bonchev–Trinajstić information content (AvgIpc) is 2.47. The molecule has 0 aromatic heterocycles. The van der Waals surface area contributed by atoms with E-state index in [4.69, 9.17) is 9.47 Å². The van der Waals surface area contributed by atoms with Crippen molar-refractivity contribution in [3.8, 4) is 5.75 Å². The Morgan fingerprint density at radius 3 is 2.48 bits per heavy atom. The number of ether oxygens (including phenoxy) is 3. The minimum absolute atomic E-state index is 0.138. The van der Waals surface area contributed by atoms with E-state index in [9.17, 15) is 15.0 Å². The standard InChI is InChI=1S/C15H22O6/c1-4-21-14(17)13(16)15(2,18)10-20-9-11-5-7-12(19-3)8-6-11/h5-8,13,16,18H,4,9-10H2,1-3H3/t13-,15+/m0/s1. The largest absolute Gasteiger partial charge is 0.497 e. The van der Waals surface area contributed by atoms with Crippen LogP contribution in [0, 0.1) is 0 Å². The van der Waals surface area contributed by atoms with Crippen molar-refractivity contribution >= 4 is 5.97 Å². The highest BCUT2D eigenvalue weighted by Crippen LogP contribution is 2.15. The van der Waals surface area contributed by atoms with Gasteiger partial charge >= 0.3 is 5.97 Å². The van der Waals surface area contributed by atoms with Crippen LogP contribution in [0.3, 0.4) is 0 Å². The molecule has 0 aliphatic rings. The first kappa shape index (κ1) is 17.4. The molecular formula is C15H22O6. The molecule has 0 radical (unpaired) electrons. The molecule has 6 nitrogen and oxygen atoms in total. The Kier molecular flexibility index (Phi) is 6.61. The second-order valence-corrected chi connectivity index (χ2v) is 4.85. The van der Waals surface area contributed by atoms with Gasteiger partial charge in [0.1, 0.15) is 11.4 Å². The molecule has 0 unspecified atom stereocenters. The van der Waals surface area contributed by atoms with Crippen molar-refractivity contribution < 1.29 is 29.2 Å². The molecule has 0 saturated heterocycles. The van der Waals surface area contributed by atoms with Crippen LogP contribution < -0.4 is 4.74 Å². The number of carbonyl (C=O) groups excluding carboxylic acids is 1. The second-order valence-electron chi connectivity index (χ2n) is 4.85. The number of aliphatic hydroxyl groups is 2. The molecule has 0 heterocycles. The summed E-state index contributed by atoms with van der Waals surface area (Å²) in [5.74, 6) is -0.126. The summed E-state index contributed by atoms with van der Waals surface area (Å²) in [7, 11) is 1.58. The summed E-state index contributed by atoms with van der Waals surface area (Å²) in [5, 5.41) is 19.8. The lowest BCUT2D eigenvalue weighted by Gasteiger charge is -2.27. The van der Waals surface area contributed by atoms with E-state index in [0.717, 1.165) is 11.3 Å². The van der Waals surface area contributed by atoms with Crippen LogP contribution in [0.25, 0.3) is 0 Å².